The molecule has 1 aromatic carbocycles. The summed E-state index contributed by atoms with van der Waals surface area (Å²) in [6.07, 6.45) is 0.407. The molecule has 0 bridgehead atoms. The molecule has 0 aromatic heterocycles. The number of rotatable bonds is 4. The molecule has 2 N–H and O–H groups in total. The average molecular weight is 362 g/mol. The molecule has 0 aliphatic carbocycles. The van der Waals surface area contributed by atoms with Gasteiger partial charge >= 0.3 is 0 Å². The Morgan fingerprint density at radius 2 is 1.81 bits per heavy atom. The van der Waals surface area contributed by atoms with Crippen LogP contribution in [-0.2, 0) is 4.74 Å². The van der Waals surface area contributed by atoms with E-state index >= 15 is 0 Å². The van der Waals surface area contributed by atoms with E-state index in [2.05, 4.69) is 18.7 Å². The van der Waals surface area contributed by atoms with Crippen LogP contribution < -0.4 is 0 Å². The third kappa shape index (κ3) is 4.03. The first-order valence-electron chi connectivity index (χ1n) is 9.45. The summed E-state index contributed by atoms with van der Waals surface area (Å²) >= 11 is 0. The molecule has 4 atom stereocenters. The van der Waals surface area contributed by atoms with Crippen molar-refractivity contribution in [3.05, 3.63) is 29.3 Å². The van der Waals surface area contributed by atoms with Gasteiger partial charge in [-0.15, -0.1) is 0 Å². The molecule has 0 saturated carbocycles. The number of hydrogen-bond donors (Lipinski definition) is 2. The molecule has 3 rings (SSSR count). The highest BCUT2D eigenvalue weighted by Crippen LogP contribution is 2.29. The van der Waals surface area contributed by atoms with Gasteiger partial charge in [-0.1, -0.05) is 12.1 Å². The fraction of sp³-hybridized carbons (Fsp3) is 0.650. The second-order valence-electron chi connectivity index (χ2n) is 7.86. The smallest absolute Gasteiger partial charge is 0.257 e. The van der Waals surface area contributed by atoms with Gasteiger partial charge in [0.25, 0.3) is 5.91 Å². The SMILES string of the molecule is Cc1cccc(C(=O)N2CC(CO)C(CN3CC(C)OC(C)C3)C2)c1O. The van der Waals surface area contributed by atoms with Crippen molar-refractivity contribution in [2.75, 3.05) is 39.3 Å². The lowest BCUT2D eigenvalue weighted by Crippen LogP contribution is -2.48. The number of aliphatic hydroxyl groups is 1. The van der Waals surface area contributed by atoms with Crippen LogP contribution in [0.4, 0.5) is 0 Å². The zero-order valence-electron chi connectivity index (χ0n) is 15.9. The number of aliphatic hydroxyl groups excluding tert-OH is 1. The number of carbonyl (C=O) groups is 1. The molecule has 6 nitrogen and oxygen atoms in total. The van der Waals surface area contributed by atoms with Crippen LogP contribution in [0.25, 0.3) is 0 Å². The number of hydrogen-bond acceptors (Lipinski definition) is 5. The maximum absolute atomic E-state index is 12.9. The molecule has 2 aliphatic rings. The molecule has 0 radical (unpaired) electrons. The number of carbonyl (C=O) groups excluding carboxylic acids is 1. The van der Waals surface area contributed by atoms with Gasteiger partial charge < -0.3 is 19.8 Å². The standard InChI is InChI=1S/C20H30N2O4/c1-13-5-4-6-18(19(13)24)20(25)22-10-16(17(11-22)12-23)9-21-7-14(2)26-15(3)8-21/h4-6,14-17,23-24H,7-12H2,1-3H3. The maximum atomic E-state index is 12.9. The number of phenols is 1. The molecule has 2 aliphatic heterocycles. The first-order chi connectivity index (χ1) is 12.4. The number of likely N-dealkylation sites (tertiary alicyclic amines) is 1. The summed E-state index contributed by atoms with van der Waals surface area (Å²) < 4.78 is 5.79. The van der Waals surface area contributed by atoms with Crippen LogP contribution in [0.5, 0.6) is 5.75 Å². The summed E-state index contributed by atoms with van der Waals surface area (Å²) in [5.74, 6) is 0.195. The minimum atomic E-state index is -0.157. The molecule has 26 heavy (non-hydrogen) atoms. The molecule has 1 aromatic rings. The van der Waals surface area contributed by atoms with Gasteiger partial charge in [0.15, 0.2) is 0 Å². The van der Waals surface area contributed by atoms with Crippen molar-refractivity contribution in [1.82, 2.24) is 9.80 Å². The van der Waals surface area contributed by atoms with Crippen LogP contribution in [0.3, 0.4) is 0 Å². The maximum Gasteiger partial charge on any atom is 0.257 e. The largest absolute Gasteiger partial charge is 0.507 e. The van der Waals surface area contributed by atoms with E-state index in [1.165, 1.54) is 0 Å². The Hall–Kier alpha value is -1.63. The molecule has 2 fully saturated rings. The van der Waals surface area contributed by atoms with E-state index in [0.717, 1.165) is 19.6 Å². The summed E-state index contributed by atoms with van der Waals surface area (Å²) in [6, 6.07) is 5.24. The Balaban J connectivity index is 1.68. The Labute approximate surface area is 155 Å². The van der Waals surface area contributed by atoms with E-state index in [0.29, 0.717) is 24.2 Å². The van der Waals surface area contributed by atoms with E-state index in [4.69, 9.17) is 4.74 Å². The van der Waals surface area contributed by atoms with Gasteiger partial charge in [0.2, 0.25) is 0 Å². The number of aryl methyl sites for hydroxylation is 1. The molecule has 144 valence electrons. The number of ether oxygens (including phenoxy) is 1. The number of nitrogens with zero attached hydrogens (tertiary/aromatic N) is 2. The van der Waals surface area contributed by atoms with Gasteiger partial charge in [0, 0.05) is 45.2 Å². The van der Waals surface area contributed by atoms with E-state index in [-0.39, 0.29) is 42.3 Å². The monoisotopic (exact) mass is 362 g/mol. The van der Waals surface area contributed by atoms with Crippen LogP contribution in [0.1, 0.15) is 29.8 Å². The molecule has 4 unspecified atom stereocenters. The summed E-state index contributed by atoms with van der Waals surface area (Å²) in [5, 5.41) is 20.0. The van der Waals surface area contributed by atoms with Crippen molar-refractivity contribution in [1.29, 1.82) is 0 Å². The quantitative estimate of drug-likeness (QED) is 0.849. The molecule has 2 heterocycles. The molecule has 6 heteroatoms. The molecule has 0 spiro atoms. The van der Waals surface area contributed by atoms with Gasteiger partial charge in [0.05, 0.1) is 17.8 Å². The van der Waals surface area contributed by atoms with E-state index in [1.807, 2.05) is 0 Å². The summed E-state index contributed by atoms with van der Waals surface area (Å²) in [6.45, 7) is 9.78. The van der Waals surface area contributed by atoms with E-state index in [1.54, 1.807) is 30.0 Å². The van der Waals surface area contributed by atoms with Crippen LogP contribution in [0.2, 0.25) is 0 Å². The summed E-state index contributed by atoms with van der Waals surface area (Å²) in [4.78, 5) is 17.0. The van der Waals surface area contributed by atoms with Gasteiger partial charge in [-0.2, -0.15) is 0 Å². The van der Waals surface area contributed by atoms with Crippen molar-refractivity contribution in [3.63, 3.8) is 0 Å². The fourth-order valence-corrected chi connectivity index (χ4v) is 4.29. The first-order valence-corrected chi connectivity index (χ1v) is 9.45. The van der Waals surface area contributed by atoms with Crippen molar-refractivity contribution in [3.8, 4) is 5.75 Å². The summed E-state index contributed by atoms with van der Waals surface area (Å²) in [7, 11) is 0. The lowest BCUT2D eigenvalue weighted by atomic mass is 9.96. The second-order valence-corrected chi connectivity index (χ2v) is 7.86. The normalized spacial score (nSPS) is 29.9. The van der Waals surface area contributed by atoms with E-state index in [9.17, 15) is 15.0 Å². The third-order valence-electron chi connectivity index (χ3n) is 5.55. The Morgan fingerprint density at radius 1 is 1.15 bits per heavy atom. The first kappa shape index (κ1) is 19.1. The van der Waals surface area contributed by atoms with Crippen molar-refractivity contribution in [2.24, 2.45) is 11.8 Å². The van der Waals surface area contributed by atoms with E-state index < -0.39 is 0 Å². The Bertz CT molecular complexity index is 641. The molecular weight excluding hydrogens is 332 g/mol. The number of benzene rings is 1. The zero-order chi connectivity index (χ0) is 18.8. The fourth-order valence-electron chi connectivity index (χ4n) is 4.29. The minimum absolute atomic E-state index is 0.0531. The number of para-hydroxylation sites is 1. The number of amides is 1. The van der Waals surface area contributed by atoms with Gasteiger partial charge in [-0.3, -0.25) is 9.69 Å². The zero-order valence-corrected chi connectivity index (χ0v) is 15.9. The van der Waals surface area contributed by atoms with Gasteiger partial charge in [-0.25, -0.2) is 0 Å². The number of phenolic OH excluding ortho intramolecular Hbond substituents is 1. The Kier molecular flexibility index (Phi) is 5.85. The lowest BCUT2D eigenvalue weighted by Gasteiger charge is -2.37. The van der Waals surface area contributed by atoms with Crippen LogP contribution >= 0.6 is 0 Å². The Morgan fingerprint density at radius 3 is 2.46 bits per heavy atom. The van der Waals surface area contributed by atoms with Gasteiger partial charge in [0.1, 0.15) is 5.75 Å². The topological polar surface area (TPSA) is 73.2 Å². The highest BCUT2D eigenvalue weighted by molar-refractivity contribution is 5.97. The minimum Gasteiger partial charge on any atom is -0.507 e. The summed E-state index contributed by atoms with van der Waals surface area (Å²) in [5.41, 5.74) is 1.04. The highest BCUT2D eigenvalue weighted by atomic mass is 16.5. The number of aromatic hydroxyl groups is 1. The highest BCUT2D eigenvalue weighted by Gasteiger charge is 2.37. The van der Waals surface area contributed by atoms with Gasteiger partial charge in [-0.05, 0) is 38.3 Å². The average Bonchev–Trinajstić information content (AvgIpc) is 2.98. The predicted octanol–water partition coefficient (Wildman–Crippen LogP) is 1.49. The van der Waals surface area contributed by atoms with Crippen LogP contribution in [-0.4, -0.2) is 77.5 Å². The van der Waals surface area contributed by atoms with Crippen molar-refractivity contribution >= 4 is 5.91 Å². The van der Waals surface area contributed by atoms with Crippen molar-refractivity contribution < 1.29 is 19.7 Å². The molecule has 2 saturated heterocycles. The predicted molar refractivity (Wildman–Crippen MR) is 99.3 cm³/mol. The van der Waals surface area contributed by atoms with Crippen LogP contribution in [0.15, 0.2) is 18.2 Å². The third-order valence-corrected chi connectivity index (χ3v) is 5.55. The molecular formula is C20H30N2O4. The van der Waals surface area contributed by atoms with Crippen molar-refractivity contribution in [2.45, 2.75) is 33.0 Å². The second kappa shape index (κ2) is 7.94. The van der Waals surface area contributed by atoms with Crippen LogP contribution in [0, 0.1) is 18.8 Å². The molecule has 1 amide bonds. The number of morpholine rings is 1. The lowest BCUT2D eigenvalue weighted by molar-refractivity contribution is -0.0726.